The number of aliphatic carboxylic acids is 1. The van der Waals surface area contributed by atoms with E-state index in [2.05, 4.69) is 4.90 Å². The number of hydrogen-bond acceptors (Lipinski definition) is 6. The van der Waals surface area contributed by atoms with E-state index in [9.17, 15) is 26.4 Å². The molecule has 0 atom stereocenters. The normalized spacial score (nSPS) is 20.3. The fourth-order valence-corrected chi connectivity index (χ4v) is 5.02. The van der Waals surface area contributed by atoms with Crippen LogP contribution in [0.3, 0.4) is 0 Å². The van der Waals surface area contributed by atoms with Crippen molar-refractivity contribution in [3.63, 3.8) is 0 Å². The molecule has 0 unspecified atom stereocenters. The number of para-hydroxylation sites is 1. The molecule has 13 heteroatoms. The van der Waals surface area contributed by atoms with Crippen LogP contribution < -0.4 is 4.74 Å². The molecule has 0 aliphatic carbocycles. The second-order valence-electron chi connectivity index (χ2n) is 8.36. The molecule has 1 saturated heterocycles. The van der Waals surface area contributed by atoms with Gasteiger partial charge in [0.1, 0.15) is 10.6 Å². The summed E-state index contributed by atoms with van der Waals surface area (Å²) >= 11 is 0. The van der Waals surface area contributed by atoms with Crippen molar-refractivity contribution in [2.75, 3.05) is 53.9 Å². The van der Waals surface area contributed by atoms with Gasteiger partial charge in [0.25, 0.3) is 0 Å². The van der Waals surface area contributed by atoms with E-state index in [1.54, 1.807) is 50.3 Å². The van der Waals surface area contributed by atoms with Crippen LogP contribution in [0.4, 0.5) is 13.2 Å². The Morgan fingerprint density at radius 3 is 2.24 bits per heavy atom. The number of likely N-dealkylation sites (N-methyl/N-ethyl adjacent to an activating group) is 1. The summed E-state index contributed by atoms with van der Waals surface area (Å²) in [6.45, 7) is 2.84. The van der Waals surface area contributed by atoms with Gasteiger partial charge in [-0.3, -0.25) is 9.69 Å². The van der Waals surface area contributed by atoms with E-state index in [1.807, 2.05) is 0 Å². The molecule has 1 fully saturated rings. The Morgan fingerprint density at radius 1 is 1.18 bits per heavy atom. The Kier molecular flexibility index (Phi) is 8.36. The number of ether oxygens (including phenoxy) is 1. The van der Waals surface area contributed by atoms with Crippen molar-refractivity contribution < 1.29 is 41.0 Å². The Morgan fingerprint density at radius 2 is 1.73 bits per heavy atom. The predicted octanol–water partition coefficient (Wildman–Crippen LogP) is 1.50. The zero-order valence-corrected chi connectivity index (χ0v) is 19.4. The summed E-state index contributed by atoms with van der Waals surface area (Å²) in [6.07, 6.45) is -3.48. The number of amides is 1. The molecule has 2 aliphatic rings. The van der Waals surface area contributed by atoms with Crippen LogP contribution in [0.1, 0.15) is 12.8 Å². The second kappa shape index (κ2) is 10.3. The maximum Gasteiger partial charge on any atom is 0.490 e. The van der Waals surface area contributed by atoms with Crippen LogP contribution in [0.5, 0.6) is 5.75 Å². The van der Waals surface area contributed by atoms with Crippen LogP contribution in [0.25, 0.3) is 0 Å². The third-order valence-electron chi connectivity index (χ3n) is 5.65. The molecule has 0 aromatic heterocycles. The lowest BCUT2D eigenvalue weighted by Gasteiger charge is -2.44. The highest BCUT2D eigenvalue weighted by Crippen LogP contribution is 2.38. The molecule has 186 valence electrons. The smallest absolute Gasteiger partial charge is 0.490 e. The van der Waals surface area contributed by atoms with Gasteiger partial charge in [-0.25, -0.2) is 17.5 Å². The van der Waals surface area contributed by atoms with E-state index in [0.29, 0.717) is 25.4 Å². The molecule has 1 amide bonds. The number of carbonyl (C=O) groups is 2. The molecule has 0 bridgehead atoms. The number of benzene rings is 1. The van der Waals surface area contributed by atoms with Crippen LogP contribution in [-0.2, 0) is 19.6 Å². The van der Waals surface area contributed by atoms with Gasteiger partial charge in [0.2, 0.25) is 15.9 Å². The minimum atomic E-state index is -5.08. The zero-order valence-electron chi connectivity index (χ0n) is 18.6. The predicted molar refractivity (Wildman–Crippen MR) is 112 cm³/mol. The molecule has 1 aromatic carbocycles. The summed E-state index contributed by atoms with van der Waals surface area (Å²) in [5.74, 6) is -2.25. The Hall–Kier alpha value is -2.38. The Balaban J connectivity index is 0.000000479. The third-order valence-corrected chi connectivity index (χ3v) is 7.49. The van der Waals surface area contributed by atoms with Gasteiger partial charge in [0.05, 0.1) is 13.2 Å². The van der Waals surface area contributed by atoms with Crippen molar-refractivity contribution >= 4 is 21.9 Å². The monoisotopic (exact) mass is 495 g/mol. The largest absolute Gasteiger partial charge is 0.492 e. The molecule has 2 heterocycles. The molecule has 9 nitrogen and oxygen atoms in total. The minimum absolute atomic E-state index is 0.0866. The first-order valence-electron chi connectivity index (χ1n) is 10.1. The van der Waals surface area contributed by atoms with Crippen LogP contribution in [0.15, 0.2) is 29.2 Å². The molecule has 1 spiro atoms. The number of rotatable bonds is 2. The van der Waals surface area contributed by atoms with Gasteiger partial charge >= 0.3 is 12.1 Å². The van der Waals surface area contributed by atoms with Crippen LogP contribution >= 0.6 is 0 Å². The molecule has 2 aliphatic heterocycles. The summed E-state index contributed by atoms with van der Waals surface area (Å²) in [6, 6.07) is 6.81. The molecular formula is C20H28F3N3O6S. The van der Waals surface area contributed by atoms with Gasteiger partial charge in [-0.05, 0) is 38.1 Å². The molecular weight excluding hydrogens is 467 g/mol. The number of nitrogens with zero attached hydrogens (tertiary/aromatic N) is 3. The lowest BCUT2D eigenvalue weighted by atomic mass is 9.79. The first kappa shape index (κ1) is 26.9. The number of fused-ring (bicyclic) bond motifs is 1. The van der Waals surface area contributed by atoms with E-state index in [1.165, 1.54) is 4.31 Å². The number of hydrogen-bond donors (Lipinski definition) is 1. The van der Waals surface area contributed by atoms with Crippen LogP contribution in [-0.4, -0.2) is 99.6 Å². The summed E-state index contributed by atoms with van der Waals surface area (Å²) < 4.78 is 64.9. The third kappa shape index (κ3) is 6.81. The average Bonchev–Trinajstić information content (AvgIpc) is 2.73. The van der Waals surface area contributed by atoms with Crippen LogP contribution in [0, 0.1) is 5.41 Å². The molecule has 3 rings (SSSR count). The van der Waals surface area contributed by atoms with Crippen molar-refractivity contribution in [1.82, 2.24) is 14.1 Å². The lowest BCUT2D eigenvalue weighted by Crippen LogP contribution is -2.51. The van der Waals surface area contributed by atoms with Crippen molar-refractivity contribution in [2.24, 2.45) is 5.41 Å². The van der Waals surface area contributed by atoms with Gasteiger partial charge in [-0.15, -0.1) is 0 Å². The topological polar surface area (TPSA) is 107 Å². The fourth-order valence-electron chi connectivity index (χ4n) is 3.60. The van der Waals surface area contributed by atoms with Gasteiger partial charge in [0, 0.05) is 33.1 Å². The zero-order chi connectivity index (χ0) is 25.0. The standard InChI is InChI=1S/C18H27N3O4S.C2HF3O2/c1-19(2)17(22)12-21-10-8-18(9-11-21)13-20(3)26(23,24)16-7-5-4-6-15(16)25-14-18;3-2(4,5)1(6)7/h4-7H,8-14H2,1-3H3;(H,6,7). The van der Waals surface area contributed by atoms with Gasteiger partial charge in [-0.2, -0.15) is 13.2 Å². The fraction of sp³-hybridized carbons (Fsp3) is 0.600. The highest BCUT2D eigenvalue weighted by Gasteiger charge is 2.42. The summed E-state index contributed by atoms with van der Waals surface area (Å²) in [5.41, 5.74) is -0.229. The van der Waals surface area contributed by atoms with E-state index >= 15 is 0 Å². The lowest BCUT2D eigenvalue weighted by molar-refractivity contribution is -0.192. The Bertz CT molecular complexity index is 960. The van der Waals surface area contributed by atoms with Gasteiger partial charge < -0.3 is 14.7 Å². The number of alkyl halides is 3. The SMILES string of the molecule is CN(C)C(=O)CN1CCC2(CC1)COc1ccccc1S(=O)(=O)N(C)C2.O=C(O)C(F)(F)F. The quantitative estimate of drug-likeness (QED) is 0.663. The van der Waals surface area contributed by atoms with Gasteiger partial charge in [0.15, 0.2) is 0 Å². The van der Waals surface area contributed by atoms with E-state index < -0.39 is 22.2 Å². The van der Waals surface area contributed by atoms with Crippen molar-refractivity contribution in [1.29, 1.82) is 0 Å². The van der Waals surface area contributed by atoms with Crippen molar-refractivity contribution in [2.45, 2.75) is 23.9 Å². The van der Waals surface area contributed by atoms with E-state index in [0.717, 1.165) is 25.9 Å². The number of piperidine rings is 1. The average molecular weight is 496 g/mol. The molecule has 0 radical (unpaired) electrons. The highest BCUT2D eigenvalue weighted by molar-refractivity contribution is 7.89. The van der Waals surface area contributed by atoms with Crippen molar-refractivity contribution in [3.8, 4) is 5.75 Å². The highest BCUT2D eigenvalue weighted by atomic mass is 32.2. The number of carboxylic acid groups (broad SMARTS) is 1. The first-order valence-corrected chi connectivity index (χ1v) is 11.5. The molecule has 0 saturated carbocycles. The van der Waals surface area contributed by atoms with Crippen LogP contribution in [0.2, 0.25) is 0 Å². The summed E-state index contributed by atoms with van der Waals surface area (Å²) in [5, 5.41) is 7.12. The molecule has 1 aromatic rings. The molecule has 1 N–H and O–H groups in total. The summed E-state index contributed by atoms with van der Waals surface area (Å²) in [7, 11) is 1.59. The van der Waals surface area contributed by atoms with E-state index in [4.69, 9.17) is 14.6 Å². The van der Waals surface area contributed by atoms with E-state index in [-0.39, 0.29) is 16.2 Å². The number of sulfonamides is 1. The van der Waals surface area contributed by atoms with Crippen molar-refractivity contribution in [3.05, 3.63) is 24.3 Å². The first-order chi connectivity index (χ1) is 15.2. The second-order valence-corrected chi connectivity index (χ2v) is 10.4. The Labute approximate surface area is 190 Å². The number of halogens is 3. The number of likely N-dealkylation sites (tertiary alicyclic amines) is 1. The van der Waals surface area contributed by atoms with Gasteiger partial charge in [-0.1, -0.05) is 12.1 Å². The number of carboxylic acids is 1. The number of carbonyl (C=O) groups excluding carboxylic acids is 1. The molecule has 33 heavy (non-hydrogen) atoms. The summed E-state index contributed by atoms with van der Waals surface area (Å²) in [4.78, 5) is 24.8. The minimum Gasteiger partial charge on any atom is -0.492 e. The maximum atomic E-state index is 12.9. The maximum absolute atomic E-state index is 12.9.